The molecule has 0 radical (unpaired) electrons. The Hall–Kier alpha value is -1.77. The average molecular weight is 295 g/mol. The average Bonchev–Trinajstić information content (AvgIpc) is 2.53. The lowest BCUT2D eigenvalue weighted by atomic mass is 10.00. The van der Waals surface area contributed by atoms with Crippen molar-refractivity contribution >= 4 is 11.9 Å². The lowest BCUT2D eigenvalue weighted by Crippen LogP contribution is -2.16. The van der Waals surface area contributed by atoms with Crippen LogP contribution in [0.4, 0.5) is 0 Å². The lowest BCUT2D eigenvalue weighted by molar-refractivity contribution is 0.804. The zero-order valence-corrected chi connectivity index (χ0v) is 13.2. The number of allylic oxidation sites excluding steroid dienone is 1. The van der Waals surface area contributed by atoms with Crippen LogP contribution >= 0.6 is 11.9 Å². The van der Waals surface area contributed by atoms with Crippen molar-refractivity contribution in [3.63, 3.8) is 0 Å². The SMILES string of the molecule is C=C(C)C(=C)CSNC(c1ccccc1)c1ccccc1. The van der Waals surface area contributed by atoms with E-state index >= 15 is 0 Å². The van der Waals surface area contributed by atoms with E-state index in [1.807, 2.05) is 19.1 Å². The van der Waals surface area contributed by atoms with Crippen LogP contribution in [-0.2, 0) is 0 Å². The van der Waals surface area contributed by atoms with Crippen LogP contribution in [0.3, 0.4) is 0 Å². The molecule has 2 aromatic rings. The third-order valence-corrected chi connectivity index (χ3v) is 4.21. The summed E-state index contributed by atoms with van der Waals surface area (Å²) in [6, 6.07) is 21.2. The minimum atomic E-state index is 0.176. The van der Waals surface area contributed by atoms with E-state index in [0.29, 0.717) is 0 Å². The lowest BCUT2D eigenvalue weighted by Gasteiger charge is -2.19. The Morgan fingerprint density at radius 3 is 1.86 bits per heavy atom. The van der Waals surface area contributed by atoms with Gasteiger partial charge in [-0.3, -0.25) is 4.72 Å². The van der Waals surface area contributed by atoms with E-state index in [-0.39, 0.29) is 6.04 Å². The van der Waals surface area contributed by atoms with Crippen molar-refractivity contribution in [3.05, 3.63) is 96.1 Å². The fourth-order valence-corrected chi connectivity index (χ4v) is 2.90. The number of benzene rings is 2. The summed E-state index contributed by atoms with van der Waals surface area (Å²) in [4.78, 5) is 0. The van der Waals surface area contributed by atoms with E-state index in [1.165, 1.54) is 11.1 Å². The van der Waals surface area contributed by atoms with E-state index in [1.54, 1.807) is 11.9 Å². The van der Waals surface area contributed by atoms with Gasteiger partial charge >= 0.3 is 0 Å². The van der Waals surface area contributed by atoms with Crippen LogP contribution in [0.2, 0.25) is 0 Å². The standard InChI is InChI=1S/C19H21NS/c1-15(2)16(3)14-21-20-19(17-10-6-4-7-11-17)18-12-8-5-9-13-18/h4-13,19-20H,1,3,14H2,2H3. The molecule has 0 amide bonds. The number of hydrogen-bond acceptors (Lipinski definition) is 2. The van der Waals surface area contributed by atoms with Gasteiger partial charge in [-0.15, -0.1) is 0 Å². The first-order valence-electron chi connectivity index (χ1n) is 6.99. The molecule has 0 aliphatic carbocycles. The Kier molecular flexibility index (Phi) is 5.85. The summed E-state index contributed by atoms with van der Waals surface area (Å²) >= 11 is 1.68. The van der Waals surface area contributed by atoms with Gasteiger partial charge in [0.05, 0.1) is 6.04 Å². The first-order chi connectivity index (χ1) is 10.2. The highest BCUT2D eigenvalue weighted by Gasteiger charge is 2.13. The van der Waals surface area contributed by atoms with Crippen molar-refractivity contribution in [2.45, 2.75) is 13.0 Å². The molecule has 0 saturated carbocycles. The van der Waals surface area contributed by atoms with E-state index in [9.17, 15) is 0 Å². The molecule has 108 valence electrons. The number of hydrogen-bond donors (Lipinski definition) is 1. The maximum Gasteiger partial charge on any atom is 0.0671 e. The van der Waals surface area contributed by atoms with E-state index in [4.69, 9.17) is 0 Å². The quantitative estimate of drug-likeness (QED) is 0.560. The first-order valence-corrected chi connectivity index (χ1v) is 7.98. The van der Waals surface area contributed by atoms with Gasteiger partial charge in [0.25, 0.3) is 0 Å². The van der Waals surface area contributed by atoms with Gasteiger partial charge in [0.15, 0.2) is 0 Å². The van der Waals surface area contributed by atoms with Crippen molar-refractivity contribution in [1.29, 1.82) is 0 Å². The summed E-state index contributed by atoms with van der Waals surface area (Å²) in [5.74, 6) is 0.839. The van der Waals surface area contributed by atoms with Gasteiger partial charge < -0.3 is 0 Å². The molecule has 0 spiro atoms. The molecular weight excluding hydrogens is 274 g/mol. The van der Waals surface area contributed by atoms with Gasteiger partial charge in [-0.25, -0.2) is 0 Å². The molecule has 0 aliphatic rings. The van der Waals surface area contributed by atoms with Crippen LogP contribution in [0.25, 0.3) is 0 Å². The molecule has 2 aromatic carbocycles. The van der Waals surface area contributed by atoms with Crippen LogP contribution in [0.1, 0.15) is 24.1 Å². The van der Waals surface area contributed by atoms with Crippen molar-refractivity contribution < 1.29 is 0 Å². The Balaban J connectivity index is 2.10. The minimum Gasteiger partial charge on any atom is -0.252 e. The first kappa shape index (κ1) is 15.6. The van der Waals surface area contributed by atoms with Gasteiger partial charge in [-0.1, -0.05) is 91.3 Å². The molecule has 0 bridgehead atoms. The largest absolute Gasteiger partial charge is 0.252 e. The molecule has 2 heteroatoms. The predicted octanol–water partition coefficient (Wildman–Crippen LogP) is 5.15. The Morgan fingerprint density at radius 2 is 1.43 bits per heavy atom. The Bertz CT molecular complexity index is 550. The van der Waals surface area contributed by atoms with E-state index in [0.717, 1.165) is 16.9 Å². The van der Waals surface area contributed by atoms with E-state index in [2.05, 4.69) is 66.4 Å². The van der Waals surface area contributed by atoms with Gasteiger partial charge in [0, 0.05) is 5.75 Å². The molecule has 0 aromatic heterocycles. The molecule has 1 nitrogen and oxygen atoms in total. The molecule has 0 aliphatic heterocycles. The van der Waals surface area contributed by atoms with Gasteiger partial charge in [-0.05, 0) is 23.6 Å². The minimum absolute atomic E-state index is 0.176. The van der Waals surface area contributed by atoms with Gasteiger partial charge in [0.1, 0.15) is 0 Å². The Morgan fingerprint density at radius 1 is 0.952 bits per heavy atom. The third-order valence-electron chi connectivity index (χ3n) is 3.32. The zero-order valence-electron chi connectivity index (χ0n) is 12.4. The second-order valence-corrected chi connectivity index (χ2v) is 5.86. The maximum atomic E-state index is 4.04. The maximum absolute atomic E-state index is 4.04. The predicted molar refractivity (Wildman–Crippen MR) is 94.3 cm³/mol. The second kappa shape index (κ2) is 7.87. The number of nitrogens with one attached hydrogen (secondary N) is 1. The van der Waals surface area contributed by atoms with Gasteiger partial charge in [0.2, 0.25) is 0 Å². The zero-order chi connectivity index (χ0) is 15.1. The van der Waals surface area contributed by atoms with Crippen LogP contribution in [0, 0.1) is 0 Å². The van der Waals surface area contributed by atoms with Crippen LogP contribution in [0.5, 0.6) is 0 Å². The summed E-state index contributed by atoms with van der Waals surface area (Å²) in [5, 5.41) is 0. The van der Waals surface area contributed by atoms with Crippen molar-refractivity contribution in [2.24, 2.45) is 0 Å². The van der Waals surface area contributed by atoms with Crippen molar-refractivity contribution in [2.75, 3.05) is 5.75 Å². The van der Waals surface area contributed by atoms with Crippen LogP contribution in [0.15, 0.2) is 85.0 Å². The molecule has 0 heterocycles. The van der Waals surface area contributed by atoms with E-state index < -0.39 is 0 Å². The summed E-state index contributed by atoms with van der Waals surface area (Å²) in [6.07, 6.45) is 0. The smallest absolute Gasteiger partial charge is 0.0671 e. The molecule has 2 rings (SSSR count). The topological polar surface area (TPSA) is 12.0 Å². The van der Waals surface area contributed by atoms with Crippen LogP contribution < -0.4 is 4.72 Å². The molecule has 0 fully saturated rings. The van der Waals surface area contributed by atoms with Crippen molar-refractivity contribution in [1.82, 2.24) is 4.72 Å². The highest BCUT2D eigenvalue weighted by molar-refractivity contribution is 7.97. The Labute approximate surface area is 131 Å². The number of rotatable bonds is 7. The fraction of sp³-hybridized carbons (Fsp3) is 0.158. The van der Waals surface area contributed by atoms with Gasteiger partial charge in [-0.2, -0.15) is 0 Å². The fourth-order valence-electron chi connectivity index (χ4n) is 1.95. The molecular formula is C19H21NS. The molecule has 1 N–H and O–H groups in total. The highest BCUT2D eigenvalue weighted by Crippen LogP contribution is 2.24. The third kappa shape index (κ3) is 4.62. The summed E-state index contributed by atoms with van der Waals surface area (Å²) < 4.78 is 3.55. The summed E-state index contributed by atoms with van der Waals surface area (Å²) in [6.45, 7) is 9.96. The summed E-state index contributed by atoms with van der Waals surface area (Å²) in [7, 11) is 0. The second-order valence-electron chi connectivity index (χ2n) is 5.04. The molecule has 21 heavy (non-hydrogen) atoms. The monoisotopic (exact) mass is 295 g/mol. The molecule has 0 saturated heterocycles. The highest BCUT2D eigenvalue weighted by atomic mass is 32.2. The summed E-state index contributed by atoms with van der Waals surface area (Å²) in [5.41, 5.74) is 4.64. The molecule has 0 atom stereocenters. The van der Waals surface area contributed by atoms with Crippen molar-refractivity contribution in [3.8, 4) is 0 Å². The molecule has 0 unspecified atom stereocenters. The van der Waals surface area contributed by atoms with Crippen LogP contribution in [-0.4, -0.2) is 5.75 Å². The normalized spacial score (nSPS) is 10.6.